The minimum Gasteiger partial charge on any atom is -0.396 e. The van der Waals surface area contributed by atoms with Gasteiger partial charge in [0.2, 0.25) is 10.0 Å². The molecule has 2 unspecified atom stereocenters. The van der Waals surface area contributed by atoms with Crippen LogP contribution in [0.2, 0.25) is 0 Å². The van der Waals surface area contributed by atoms with Crippen LogP contribution in [-0.4, -0.2) is 31.9 Å². The maximum Gasteiger partial charge on any atom is 0.211 e. The van der Waals surface area contributed by atoms with Gasteiger partial charge in [-0.1, -0.05) is 19.8 Å². The van der Waals surface area contributed by atoms with Crippen LogP contribution in [0.5, 0.6) is 0 Å². The van der Waals surface area contributed by atoms with Crippen molar-refractivity contribution in [2.45, 2.75) is 45.1 Å². The van der Waals surface area contributed by atoms with Gasteiger partial charge >= 0.3 is 0 Å². The molecule has 1 saturated carbocycles. The standard InChI is InChI=1S/C10H21NO3S/c1-2-7-15(13,14)11-10-6-4-3-5-9(10)8-12/h9-12H,2-8H2,1H3. The summed E-state index contributed by atoms with van der Waals surface area (Å²) < 4.78 is 25.8. The Kier molecular flexibility index (Phi) is 5.02. The van der Waals surface area contributed by atoms with E-state index in [1.165, 1.54) is 0 Å². The quantitative estimate of drug-likeness (QED) is 0.743. The summed E-state index contributed by atoms with van der Waals surface area (Å²) in [5, 5.41) is 9.15. The first-order valence-corrected chi connectivity index (χ1v) is 7.35. The Morgan fingerprint density at radius 3 is 2.60 bits per heavy atom. The Hall–Kier alpha value is -0.130. The third-order valence-corrected chi connectivity index (χ3v) is 4.55. The Labute approximate surface area is 92.1 Å². The predicted octanol–water partition coefficient (Wildman–Crippen LogP) is 0.867. The van der Waals surface area contributed by atoms with E-state index >= 15 is 0 Å². The fraction of sp³-hybridized carbons (Fsp3) is 1.00. The highest BCUT2D eigenvalue weighted by Gasteiger charge is 2.27. The molecular formula is C10H21NO3S. The van der Waals surface area contributed by atoms with Crippen molar-refractivity contribution in [3.8, 4) is 0 Å². The molecule has 1 aliphatic carbocycles. The molecule has 0 saturated heterocycles. The lowest BCUT2D eigenvalue weighted by Gasteiger charge is -2.30. The van der Waals surface area contributed by atoms with E-state index in [4.69, 9.17) is 5.11 Å². The zero-order valence-electron chi connectivity index (χ0n) is 9.28. The first-order valence-electron chi connectivity index (χ1n) is 5.70. The van der Waals surface area contributed by atoms with Crippen molar-refractivity contribution in [3.63, 3.8) is 0 Å². The second-order valence-electron chi connectivity index (χ2n) is 4.27. The second kappa shape index (κ2) is 5.82. The molecule has 4 nitrogen and oxygen atoms in total. The molecule has 2 N–H and O–H groups in total. The molecule has 0 amide bonds. The number of nitrogens with one attached hydrogen (secondary N) is 1. The smallest absolute Gasteiger partial charge is 0.211 e. The Morgan fingerprint density at radius 2 is 2.00 bits per heavy atom. The van der Waals surface area contributed by atoms with Gasteiger partial charge in [0, 0.05) is 12.6 Å². The van der Waals surface area contributed by atoms with Gasteiger partial charge in [0.25, 0.3) is 0 Å². The number of rotatable bonds is 5. The third kappa shape index (κ3) is 4.09. The number of sulfonamides is 1. The molecule has 5 heteroatoms. The van der Waals surface area contributed by atoms with Crippen LogP contribution in [0.25, 0.3) is 0 Å². The molecule has 0 spiro atoms. The van der Waals surface area contributed by atoms with Gasteiger partial charge in [0.1, 0.15) is 0 Å². The average molecular weight is 235 g/mol. The zero-order chi connectivity index (χ0) is 11.3. The minimum absolute atomic E-state index is 0.0553. The number of aliphatic hydroxyl groups excluding tert-OH is 1. The van der Waals surface area contributed by atoms with Gasteiger partial charge in [0.15, 0.2) is 0 Å². The molecule has 0 aliphatic heterocycles. The summed E-state index contributed by atoms with van der Waals surface area (Å²) in [6.45, 7) is 1.93. The summed E-state index contributed by atoms with van der Waals surface area (Å²) in [5.41, 5.74) is 0. The van der Waals surface area contributed by atoms with Gasteiger partial charge < -0.3 is 5.11 Å². The van der Waals surface area contributed by atoms with Crippen molar-refractivity contribution in [2.24, 2.45) is 5.92 Å². The van der Waals surface area contributed by atoms with Crippen molar-refractivity contribution in [1.82, 2.24) is 4.72 Å². The van der Waals surface area contributed by atoms with Crippen LogP contribution in [0.15, 0.2) is 0 Å². The molecule has 2 atom stereocenters. The highest BCUT2D eigenvalue weighted by molar-refractivity contribution is 7.89. The molecule has 0 bridgehead atoms. The van der Waals surface area contributed by atoms with Crippen molar-refractivity contribution in [2.75, 3.05) is 12.4 Å². The molecule has 1 fully saturated rings. The Bertz CT molecular complexity index is 276. The largest absolute Gasteiger partial charge is 0.396 e. The summed E-state index contributed by atoms with van der Waals surface area (Å²) >= 11 is 0. The van der Waals surface area contributed by atoms with Gasteiger partial charge in [0.05, 0.1) is 5.75 Å². The first kappa shape index (κ1) is 12.9. The molecule has 0 aromatic rings. The van der Waals surface area contributed by atoms with Crippen LogP contribution in [0.1, 0.15) is 39.0 Å². The van der Waals surface area contributed by atoms with Crippen molar-refractivity contribution >= 4 is 10.0 Å². The maximum absolute atomic E-state index is 11.6. The maximum atomic E-state index is 11.6. The summed E-state index contributed by atoms with van der Waals surface area (Å²) in [6, 6.07) is -0.0553. The molecule has 90 valence electrons. The van der Waals surface area contributed by atoms with Gasteiger partial charge in [-0.15, -0.1) is 0 Å². The normalized spacial score (nSPS) is 27.9. The fourth-order valence-corrected chi connectivity index (χ4v) is 3.57. The predicted molar refractivity (Wildman–Crippen MR) is 60.0 cm³/mol. The molecule has 1 aliphatic rings. The Balaban J connectivity index is 2.54. The molecule has 0 aromatic carbocycles. The summed E-state index contributed by atoms with van der Waals surface area (Å²) in [7, 11) is -3.14. The molecule has 0 heterocycles. The number of aliphatic hydroxyl groups is 1. The lowest BCUT2D eigenvalue weighted by molar-refractivity contribution is 0.164. The minimum atomic E-state index is -3.14. The molecule has 15 heavy (non-hydrogen) atoms. The summed E-state index contributed by atoms with van der Waals surface area (Å²) in [5.74, 6) is 0.284. The lowest BCUT2D eigenvalue weighted by atomic mass is 9.86. The van der Waals surface area contributed by atoms with Crippen LogP contribution in [0.4, 0.5) is 0 Å². The van der Waals surface area contributed by atoms with Gasteiger partial charge in [-0.2, -0.15) is 0 Å². The van der Waals surface area contributed by atoms with Crippen LogP contribution in [0, 0.1) is 5.92 Å². The van der Waals surface area contributed by atoms with Gasteiger partial charge in [-0.3, -0.25) is 0 Å². The zero-order valence-corrected chi connectivity index (χ0v) is 10.1. The van der Waals surface area contributed by atoms with E-state index in [0.717, 1.165) is 25.7 Å². The molecule has 0 aromatic heterocycles. The third-order valence-electron chi connectivity index (χ3n) is 2.95. The van der Waals surface area contributed by atoms with E-state index < -0.39 is 10.0 Å². The monoisotopic (exact) mass is 235 g/mol. The van der Waals surface area contributed by atoms with Crippen LogP contribution >= 0.6 is 0 Å². The summed E-state index contributed by atoms with van der Waals surface area (Å²) in [6.07, 6.45) is 4.56. The van der Waals surface area contributed by atoms with Crippen LogP contribution < -0.4 is 4.72 Å². The van der Waals surface area contributed by atoms with Gasteiger partial charge in [-0.25, -0.2) is 13.1 Å². The van der Waals surface area contributed by atoms with Crippen molar-refractivity contribution < 1.29 is 13.5 Å². The van der Waals surface area contributed by atoms with Crippen LogP contribution in [0.3, 0.4) is 0 Å². The number of hydrogen-bond acceptors (Lipinski definition) is 3. The topological polar surface area (TPSA) is 66.4 Å². The van der Waals surface area contributed by atoms with E-state index in [-0.39, 0.29) is 24.3 Å². The Morgan fingerprint density at radius 1 is 1.33 bits per heavy atom. The van der Waals surface area contributed by atoms with Gasteiger partial charge in [-0.05, 0) is 25.2 Å². The van der Waals surface area contributed by atoms with E-state index in [1.54, 1.807) is 0 Å². The lowest BCUT2D eigenvalue weighted by Crippen LogP contribution is -2.44. The molecular weight excluding hydrogens is 214 g/mol. The summed E-state index contributed by atoms with van der Waals surface area (Å²) in [4.78, 5) is 0. The van der Waals surface area contributed by atoms with E-state index in [1.807, 2.05) is 6.92 Å². The highest BCUT2D eigenvalue weighted by Crippen LogP contribution is 2.24. The van der Waals surface area contributed by atoms with E-state index in [9.17, 15) is 8.42 Å². The highest BCUT2D eigenvalue weighted by atomic mass is 32.2. The van der Waals surface area contributed by atoms with E-state index in [0.29, 0.717) is 6.42 Å². The van der Waals surface area contributed by atoms with E-state index in [2.05, 4.69) is 4.72 Å². The molecule has 0 radical (unpaired) electrons. The average Bonchev–Trinajstić information content (AvgIpc) is 2.17. The SMILES string of the molecule is CCCS(=O)(=O)NC1CCCCC1CO. The van der Waals surface area contributed by atoms with Crippen molar-refractivity contribution in [3.05, 3.63) is 0 Å². The van der Waals surface area contributed by atoms with Crippen molar-refractivity contribution in [1.29, 1.82) is 0 Å². The molecule has 1 rings (SSSR count). The number of hydrogen-bond donors (Lipinski definition) is 2. The fourth-order valence-electron chi connectivity index (χ4n) is 2.14. The second-order valence-corrected chi connectivity index (χ2v) is 6.14. The van der Waals surface area contributed by atoms with Crippen LogP contribution in [-0.2, 0) is 10.0 Å². The first-order chi connectivity index (χ1) is 7.09.